The summed E-state index contributed by atoms with van der Waals surface area (Å²) >= 11 is 5.29. The summed E-state index contributed by atoms with van der Waals surface area (Å²) in [5, 5.41) is 16.5. The molecule has 0 bridgehead atoms. The average molecular weight is 295 g/mol. The molecule has 0 fully saturated rings. The zero-order chi connectivity index (χ0) is 15.4. The predicted octanol–water partition coefficient (Wildman–Crippen LogP) is 2.91. The van der Waals surface area contributed by atoms with Crippen molar-refractivity contribution in [3.05, 3.63) is 45.6 Å². The van der Waals surface area contributed by atoms with Crippen molar-refractivity contribution < 1.29 is 0 Å². The Kier molecular flexibility index (Phi) is 4.26. The zero-order valence-corrected chi connectivity index (χ0v) is 12.2. The number of H-pyrrole nitrogens is 1. The molecule has 0 saturated carbocycles. The van der Waals surface area contributed by atoms with Crippen LogP contribution in [0.15, 0.2) is 29.3 Å². The van der Waals surface area contributed by atoms with Crippen LogP contribution in [-0.4, -0.2) is 24.5 Å². The average Bonchev–Trinajstić information content (AvgIpc) is 2.50. The van der Waals surface area contributed by atoms with E-state index in [1.165, 1.54) is 6.21 Å². The maximum atomic E-state index is 8.88. The van der Waals surface area contributed by atoms with Crippen LogP contribution in [0.4, 0.5) is 5.82 Å². The standard InChI is InChI=1S/C15H13N5S/c1-19-8-12-13(10-4-2-9(6-16)3-5-10)11(7-17)14(18)20-15(12)21/h2-5,7-8,17H,1H3,(H3,18,20,21). The first-order chi connectivity index (χ1) is 10.1. The maximum Gasteiger partial charge on any atom is 0.114 e. The Bertz CT molecular complexity index is 810. The van der Waals surface area contributed by atoms with E-state index in [2.05, 4.69) is 16.0 Å². The third kappa shape index (κ3) is 2.73. The number of aromatic nitrogens is 1. The fraction of sp³-hybridized carbons (Fsp3) is 0.0667. The number of nitrogens with two attached hydrogens (primary N) is 1. The van der Waals surface area contributed by atoms with E-state index in [1.807, 2.05) is 12.1 Å². The van der Waals surface area contributed by atoms with Crippen LogP contribution in [0, 0.1) is 21.4 Å². The second-order valence-corrected chi connectivity index (χ2v) is 4.70. The second-order valence-electron chi connectivity index (χ2n) is 4.29. The highest BCUT2D eigenvalue weighted by atomic mass is 32.1. The molecule has 2 rings (SSSR count). The van der Waals surface area contributed by atoms with Crippen LogP contribution >= 0.6 is 12.2 Å². The quantitative estimate of drug-likeness (QED) is 0.599. The number of hydrogen-bond donors (Lipinski definition) is 3. The van der Waals surface area contributed by atoms with Gasteiger partial charge in [0.2, 0.25) is 0 Å². The molecular weight excluding hydrogens is 282 g/mol. The van der Waals surface area contributed by atoms with Gasteiger partial charge in [0.25, 0.3) is 0 Å². The summed E-state index contributed by atoms with van der Waals surface area (Å²) in [6.07, 6.45) is 2.82. The SMILES string of the molecule is CN=Cc1c(-c2ccc(C#N)cc2)c(C=N)c(N)[nH]c1=S. The van der Waals surface area contributed by atoms with Crippen LogP contribution in [0.2, 0.25) is 0 Å². The molecule has 6 heteroatoms. The molecule has 5 nitrogen and oxygen atoms in total. The minimum Gasteiger partial charge on any atom is -0.385 e. The van der Waals surface area contributed by atoms with Crippen LogP contribution < -0.4 is 5.73 Å². The van der Waals surface area contributed by atoms with Crippen molar-refractivity contribution in [1.82, 2.24) is 4.98 Å². The van der Waals surface area contributed by atoms with Gasteiger partial charge in [0.15, 0.2) is 0 Å². The van der Waals surface area contributed by atoms with Gasteiger partial charge in [0.05, 0.1) is 11.6 Å². The number of aromatic amines is 1. The zero-order valence-electron chi connectivity index (χ0n) is 11.3. The van der Waals surface area contributed by atoms with Gasteiger partial charge in [-0.15, -0.1) is 0 Å². The summed E-state index contributed by atoms with van der Waals surface area (Å²) in [6.45, 7) is 0. The summed E-state index contributed by atoms with van der Waals surface area (Å²) in [4.78, 5) is 6.89. The Morgan fingerprint density at radius 2 is 2.00 bits per heavy atom. The van der Waals surface area contributed by atoms with Gasteiger partial charge in [-0.05, 0) is 17.7 Å². The molecule has 0 aliphatic heterocycles. The van der Waals surface area contributed by atoms with Crippen LogP contribution in [0.1, 0.15) is 16.7 Å². The van der Waals surface area contributed by atoms with Crippen LogP contribution in [0.5, 0.6) is 0 Å². The van der Waals surface area contributed by atoms with Gasteiger partial charge in [-0.25, -0.2) is 0 Å². The topological polar surface area (TPSA) is 102 Å². The molecule has 0 unspecified atom stereocenters. The highest BCUT2D eigenvalue weighted by Gasteiger charge is 2.14. The van der Waals surface area contributed by atoms with Crippen molar-refractivity contribution in [2.24, 2.45) is 4.99 Å². The number of hydrogen-bond acceptors (Lipinski definition) is 5. The minimum absolute atomic E-state index is 0.336. The Morgan fingerprint density at radius 1 is 1.33 bits per heavy atom. The molecule has 0 spiro atoms. The van der Waals surface area contributed by atoms with Gasteiger partial charge in [-0.1, -0.05) is 24.4 Å². The van der Waals surface area contributed by atoms with Crippen molar-refractivity contribution >= 4 is 30.5 Å². The molecule has 0 aliphatic rings. The first-order valence-electron chi connectivity index (χ1n) is 6.11. The molecule has 2 aromatic rings. The number of anilines is 1. The van der Waals surface area contributed by atoms with Gasteiger partial charge >= 0.3 is 0 Å². The Morgan fingerprint density at radius 3 is 2.52 bits per heavy atom. The number of nitrogens with one attached hydrogen (secondary N) is 2. The lowest BCUT2D eigenvalue weighted by atomic mass is 9.96. The summed E-state index contributed by atoms with van der Waals surface area (Å²) in [5.74, 6) is 0.336. The van der Waals surface area contributed by atoms with Gasteiger partial charge in [0, 0.05) is 36.2 Å². The molecule has 1 aromatic heterocycles. The Hall–Kier alpha value is -2.78. The van der Waals surface area contributed by atoms with E-state index >= 15 is 0 Å². The van der Waals surface area contributed by atoms with E-state index in [-0.39, 0.29) is 0 Å². The van der Waals surface area contributed by atoms with Gasteiger partial charge in [0.1, 0.15) is 10.5 Å². The molecule has 4 N–H and O–H groups in total. The van der Waals surface area contributed by atoms with E-state index < -0.39 is 0 Å². The molecule has 104 valence electrons. The number of rotatable bonds is 3. The van der Waals surface area contributed by atoms with E-state index in [0.29, 0.717) is 27.1 Å². The minimum atomic E-state index is 0.336. The summed E-state index contributed by atoms with van der Waals surface area (Å²) in [6, 6.07) is 9.12. The Labute approximate surface area is 127 Å². The molecule has 0 radical (unpaired) electrons. The third-order valence-corrected chi connectivity index (χ3v) is 3.35. The van der Waals surface area contributed by atoms with Crippen molar-refractivity contribution in [3.8, 4) is 17.2 Å². The fourth-order valence-corrected chi connectivity index (χ4v) is 2.34. The first-order valence-corrected chi connectivity index (χ1v) is 6.52. The number of benzene rings is 1. The fourth-order valence-electron chi connectivity index (χ4n) is 2.07. The number of pyridine rings is 1. The van der Waals surface area contributed by atoms with Crippen LogP contribution in [0.25, 0.3) is 11.1 Å². The molecular formula is C15H13N5S. The molecule has 0 saturated heterocycles. The monoisotopic (exact) mass is 295 g/mol. The largest absolute Gasteiger partial charge is 0.385 e. The van der Waals surface area contributed by atoms with Crippen molar-refractivity contribution in [1.29, 1.82) is 10.7 Å². The van der Waals surface area contributed by atoms with Gasteiger partial charge in [-0.2, -0.15) is 5.26 Å². The highest BCUT2D eigenvalue weighted by molar-refractivity contribution is 7.71. The summed E-state index contributed by atoms with van der Waals surface area (Å²) in [5.41, 5.74) is 9.29. The molecule has 1 aromatic carbocycles. The second kappa shape index (κ2) is 6.11. The third-order valence-electron chi connectivity index (χ3n) is 3.03. The lowest BCUT2D eigenvalue weighted by Gasteiger charge is -2.13. The van der Waals surface area contributed by atoms with E-state index in [0.717, 1.165) is 11.1 Å². The normalized spacial score (nSPS) is 10.5. The van der Waals surface area contributed by atoms with Gasteiger partial charge < -0.3 is 16.1 Å². The lowest BCUT2D eigenvalue weighted by Crippen LogP contribution is -2.04. The van der Waals surface area contributed by atoms with Crippen LogP contribution in [-0.2, 0) is 0 Å². The molecule has 0 amide bonds. The number of nitrogens with zero attached hydrogens (tertiary/aromatic N) is 2. The van der Waals surface area contributed by atoms with E-state index in [4.69, 9.17) is 28.6 Å². The van der Waals surface area contributed by atoms with E-state index in [1.54, 1.807) is 25.4 Å². The number of nitriles is 1. The van der Waals surface area contributed by atoms with Crippen molar-refractivity contribution in [2.75, 3.05) is 12.8 Å². The molecule has 21 heavy (non-hydrogen) atoms. The Balaban J connectivity index is 2.84. The summed E-state index contributed by atoms with van der Waals surface area (Å²) in [7, 11) is 1.65. The lowest BCUT2D eigenvalue weighted by molar-refractivity contribution is 1.28. The molecule has 1 heterocycles. The molecule has 0 atom stereocenters. The van der Waals surface area contributed by atoms with Crippen molar-refractivity contribution in [3.63, 3.8) is 0 Å². The molecule has 0 aliphatic carbocycles. The smallest absolute Gasteiger partial charge is 0.114 e. The first kappa shape index (κ1) is 14.6. The van der Waals surface area contributed by atoms with Gasteiger partial charge in [-0.3, -0.25) is 4.99 Å². The summed E-state index contributed by atoms with van der Waals surface area (Å²) < 4.78 is 0.461. The highest BCUT2D eigenvalue weighted by Crippen LogP contribution is 2.29. The number of nitrogen functional groups attached to an aromatic ring is 1. The van der Waals surface area contributed by atoms with Crippen molar-refractivity contribution in [2.45, 2.75) is 0 Å². The predicted molar refractivity (Wildman–Crippen MR) is 87.6 cm³/mol. The maximum absolute atomic E-state index is 8.88. The van der Waals surface area contributed by atoms with E-state index in [9.17, 15) is 0 Å². The number of aliphatic imine (C=N–C) groups is 1. The van der Waals surface area contributed by atoms with Crippen LogP contribution in [0.3, 0.4) is 0 Å².